The maximum Gasteiger partial charge on any atom is 0.163 e. The quantitative estimate of drug-likeness (QED) is 0.444. The molecule has 0 unspecified atom stereocenters. The number of para-hydroxylation sites is 1. The van der Waals surface area contributed by atoms with E-state index in [-0.39, 0.29) is 24.8 Å². The van der Waals surface area contributed by atoms with Gasteiger partial charge in [-0.25, -0.2) is 9.97 Å². The summed E-state index contributed by atoms with van der Waals surface area (Å²) in [5, 5.41) is 4.31. The second-order valence-corrected chi connectivity index (χ2v) is 5.09. The summed E-state index contributed by atoms with van der Waals surface area (Å²) in [7, 11) is 0. The van der Waals surface area contributed by atoms with Crippen LogP contribution >= 0.6 is 0 Å². The fraction of sp³-hybridized carbons (Fsp3) is 0.0556. The minimum Gasteiger partial charge on any atom is -1.00 e. The van der Waals surface area contributed by atoms with Gasteiger partial charge in [-0.05, 0) is 36.4 Å². The lowest BCUT2D eigenvalue weighted by Crippen LogP contribution is -3.00. The van der Waals surface area contributed by atoms with E-state index in [0.29, 0.717) is 12.4 Å². The third-order valence-electron chi connectivity index (χ3n) is 3.53. The number of aromatic nitrogens is 3. The van der Waals surface area contributed by atoms with E-state index in [1.807, 2.05) is 48.5 Å². The molecule has 0 amide bonds. The molecule has 0 fully saturated rings. The van der Waals surface area contributed by atoms with Gasteiger partial charge in [-0.1, -0.05) is 12.1 Å². The zero-order valence-corrected chi connectivity index (χ0v) is 14.6. The number of hydrogen-bond acceptors (Lipinski definition) is 5. The summed E-state index contributed by atoms with van der Waals surface area (Å²) in [4.78, 5) is 13.4. The standard InChI is InChI=1S/C18H14N4O.2ClH/c1-2-8-16-15(7-1)18(20-12-14-6-4-10-23-14)22-17(21-16)13-5-3-9-19-11-13;;/h1-11H,12H2,(H,20,21,22);2*1H/p-2. The maximum absolute atomic E-state index is 5.37. The highest BCUT2D eigenvalue weighted by molar-refractivity contribution is 5.90. The Kier molecular flexibility index (Phi) is 6.33. The maximum atomic E-state index is 5.37. The predicted octanol–water partition coefficient (Wildman–Crippen LogP) is -2.10. The van der Waals surface area contributed by atoms with Gasteiger partial charge in [-0.15, -0.1) is 0 Å². The second-order valence-electron chi connectivity index (χ2n) is 5.09. The monoisotopic (exact) mass is 372 g/mol. The average molecular weight is 373 g/mol. The number of anilines is 1. The van der Waals surface area contributed by atoms with Gasteiger partial charge < -0.3 is 34.5 Å². The Hall–Kier alpha value is -2.63. The van der Waals surface area contributed by atoms with E-state index in [4.69, 9.17) is 4.42 Å². The van der Waals surface area contributed by atoms with Crippen LogP contribution in [-0.4, -0.2) is 15.0 Å². The largest absolute Gasteiger partial charge is 1.00 e. The molecular weight excluding hydrogens is 359 g/mol. The van der Waals surface area contributed by atoms with Crippen molar-refractivity contribution in [1.29, 1.82) is 0 Å². The molecule has 1 N–H and O–H groups in total. The Balaban J connectivity index is 0.00000113. The first-order valence-corrected chi connectivity index (χ1v) is 7.33. The Morgan fingerprint density at radius 1 is 0.920 bits per heavy atom. The zero-order chi connectivity index (χ0) is 15.5. The molecule has 5 nitrogen and oxygen atoms in total. The van der Waals surface area contributed by atoms with E-state index >= 15 is 0 Å². The van der Waals surface area contributed by atoms with Gasteiger partial charge in [0, 0.05) is 23.3 Å². The van der Waals surface area contributed by atoms with E-state index in [0.717, 1.165) is 28.0 Å². The summed E-state index contributed by atoms with van der Waals surface area (Å²) in [5.41, 5.74) is 1.78. The van der Waals surface area contributed by atoms with Crippen molar-refractivity contribution in [2.45, 2.75) is 6.54 Å². The fourth-order valence-corrected chi connectivity index (χ4v) is 2.42. The molecule has 3 heterocycles. The SMILES string of the molecule is [Cl-].[Cl-].c1cncc(-c2nc(NCc3ccco3)c3ccccc3n2)c1. The Labute approximate surface area is 157 Å². The van der Waals surface area contributed by atoms with Crippen molar-refractivity contribution in [3.05, 3.63) is 72.9 Å². The first-order valence-electron chi connectivity index (χ1n) is 7.33. The summed E-state index contributed by atoms with van der Waals surface area (Å²) in [6.07, 6.45) is 5.16. The van der Waals surface area contributed by atoms with Crippen molar-refractivity contribution < 1.29 is 29.2 Å². The number of nitrogens with zero attached hydrogens (tertiary/aromatic N) is 3. The highest BCUT2D eigenvalue weighted by Crippen LogP contribution is 2.24. The zero-order valence-electron chi connectivity index (χ0n) is 13.1. The van der Waals surface area contributed by atoms with Crippen molar-refractivity contribution in [1.82, 2.24) is 15.0 Å². The molecule has 0 aliphatic rings. The van der Waals surface area contributed by atoms with Crippen LogP contribution in [0.2, 0.25) is 0 Å². The molecule has 7 heteroatoms. The number of pyridine rings is 1. The molecule has 0 radical (unpaired) electrons. The Morgan fingerprint density at radius 2 is 1.80 bits per heavy atom. The summed E-state index contributed by atoms with van der Waals surface area (Å²) in [6.45, 7) is 0.570. The van der Waals surface area contributed by atoms with Crippen molar-refractivity contribution >= 4 is 16.7 Å². The number of fused-ring (bicyclic) bond motifs is 1. The topological polar surface area (TPSA) is 63.8 Å². The highest BCUT2D eigenvalue weighted by Gasteiger charge is 2.09. The molecule has 0 atom stereocenters. The Morgan fingerprint density at radius 3 is 2.56 bits per heavy atom. The molecule has 0 aliphatic carbocycles. The third kappa shape index (κ3) is 4.07. The van der Waals surface area contributed by atoms with Gasteiger partial charge >= 0.3 is 0 Å². The molecule has 1 aromatic carbocycles. The van der Waals surface area contributed by atoms with Gasteiger partial charge in [-0.3, -0.25) is 4.98 Å². The van der Waals surface area contributed by atoms with Crippen LogP contribution < -0.4 is 30.1 Å². The number of furan rings is 1. The molecule has 0 aliphatic heterocycles. The van der Waals surface area contributed by atoms with Gasteiger partial charge in [0.1, 0.15) is 11.6 Å². The third-order valence-corrected chi connectivity index (χ3v) is 3.53. The highest BCUT2D eigenvalue weighted by atomic mass is 35.5. The van der Waals surface area contributed by atoms with Crippen LogP contribution in [0.5, 0.6) is 0 Å². The molecule has 128 valence electrons. The average Bonchev–Trinajstić information content (AvgIpc) is 3.14. The lowest BCUT2D eigenvalue weighted by molar-refractivity contribution is -0.00100. The molecule has 3 aromatic heterocycles. The van der Waals surface area contributed by atoms with Crippen LogP contribution in [0.3, 0.4) is 0 Å². The lowest BCUT2D eigenvalue weighted by Gasteiger charge is -2.10. The molecule has 0 bridgehead atoms. The number of nitrogens with one attached hydrogen (secondary N) is 1. The first-order chi connectivity index (χ1) is 11.4. The first kappa shape index (κ1) is 18.7. The summed E-state index contributed by atoms with van der Waals surface area (Å²) in [6, 6.07) is 15.6. The minimum absolute atomic E-state index is 0. The molecule has 0 saturated carbocycles. The van der Waals surface area contributed by atoms with Crippen molar-refractivity contribution in [2.75, 3.05) is 5.32 Å². The van der Waals surface area contributed by atoms with Gasteiger partial charge in [0.05, 0.1) is 18.3 Å². The summed E-state index contributed by atoms with van der Waals surface area (Å²) < 4.78 is 5.37. The van der Waals surface area contributed by atoms with E-state index < -0.39 is 0 Å². The molecule has 4 aromatic rings. The van der Waals surface area contributed by atoms with Crippen LogP contribution in [0.1, 0.15) is 5.76 Å². The summed E-state index contributed by atoms with van der Waals surface area (Å²) in [5.74, 6) is 2.29. The number of halogens is 2. The molecule has 4 rings (SSSR count). The number of hydrogen-bond donors (Lipinski definition) is 1. The van der Waals surface area contributed by atoms with Crippen molar-refractivity contribution in [2.24, 2.45) is 0 Å². The van der Waals surface area contributed by atoms with Crippen LogP contribution in [0, 0.1) is 0 Å². The van der Waals surface area contributed by atoms with Gasteiger partial charge in [0.25, 0.3) is 0 Å². The smallest absolute Gasteiger partial charge is 0.163 e. The number of rotatable bonds is 4. The molecular formula is C18H14Cl2N4O-2. The Bertz CT molecular complexity index is 930. The van der Waals surface area contributed by atoms with E-state index in [9.17, 15) is 0 Å². The van der Waals surface area contributed by atoms with Crippen LogP contribution in [0.25, 0.3) is 22.3 Å². The normalized spacial score (nSPS) is 9.92. The second kappa shape index (κ2) is 8.46. The number of benzene rings is 1. The fourth-order valence-electron chi connectivity index (χ4n) is 2.42. The van der Waals surface area contributed by atoms with Crippen LogP contribution in [0.4, 0.5) is 5.82 Å². The molecule has 0 saturated heterocycles. The lowest BCUT2D eigenvalue weighted by atomic mass is 10.2. The van der Waals surface area contributed by atoms with E-state index in [2.05, 4.69) is 20.3 Å². The van der Waals surface area contributed by atoms with Crippen molar-refractivity contribution in [3.63, 3.8) is 0 Å². The summed E-state index contributed by atoms with van der Waals surface area (Å²) >= 11 is 0. The van der Waals surface area contributed by atoms with E-state index in [1.54, 1.807) is 18.7 Å². The van der Waals surface area contributed by atoms with Crippen molar-refractivity contribution in [3.8, 4) is 11.4 Å². The van der Waals surface area contributed by atoms with E-state index in [1.165, 1.54) is 0 Å². The van der Waals surface area contributed by atoms with Crippen LogP contribution in [0.15, 0.2) is 71.6 Å². The van der Waals surface area contributed by atoms with Gasteiger partial charge in [0.15, 0.2) is 5.82 Å². The molecule has 25 heavy (non-hydrogen) atoms. The minimum atomic E-state index is 0. The predicted molar refractivity (Wildman–Crippen MR) is 88.8 cm³/mol. The van der Waals surface area contributed by atoms with Crippen LogP contribution in [-0.2, 0) is 6.54 Å². The van der Waals surface area contributed by atoms with Gasteiger partial charge in [-0.2, -0.15) is 0 Å². The van der Waals surface area contributed by atoms with Gasteiger partial charge in [0.2, 0.25) is 0 Å². The molecule has 0 spiro atoms.